The van der Waals surface area contributed by atoms with Crippen molar-refractivity contribution in [3.8, 4) is 0 Å². The molecule has 0 saturated carbocycles. The van der Waals surface area contributed by atoms with Gasteiger partial charge in [0.15, 0.2) is 0 Å². The molecule has 4 nitrogen and oxygen atoms in total. The molecule has 17 heavy (non-hydrogen) atoms. The molecule has 0 fully saturated rings. The first-order chi connectivity index (χ1) is 8.10. The predicted octanol–water partition coefficient (Wildman–Crippen LogP) is 2.28. The lowest BCUT2D eigenvalue weighted by atomic mass is 10.1. The molecule has 0 spiro atoms. The minimum atomic E-state index is -0.405. The second-order valence-corrected chi connectivity index (χ2v) is 3.14. The number of nitrogens with one attached hydrogen (secondary N) is 1. The van der Waals surface area contributed by atoms with E-state index >= 15 is 0 Å². The fourth-order valence-electron chi connectivity index (χ4n) is 1.02. The Labute approximate surface area is 102 Å². The van der Waals surface area contributed by atoms with Crippen LogP contribution in [-0.2, 0) is 4.79 Å². The zero-order valence-corrected chi connectivity index (χ0v) is 10.4. The van der Waals surface area contributed by atoms with Crippen molar-refractivity contribution in [1.82, 2.24) is 5.32 Å². The van der Waals surface area contributed by atoms with Gasteiger partial charge in [0.05, 0.1) is 11.8 Å². The Morgan fingerprint density at radius 3 is 2.53 bits per heavy atom. The van der Waals surface area contributed by atoms with Crippen LogP contribution in [0.4, 0.5) is 0 Å². The van der Waals surface area contributed by atoms with E-state index < -0.39 is 5.91 Å². The van der Waals surface area contributed by atoms with Gasteiger partial charge in [0.1, 0.15) is 0 Å². The van der Waals surface area contributed by atoms with Crippen LogP contribution >= 0.6 is 0 Å². The molecule has 0 rings (SSSR count). The fraction of sp³-hybridized carbons (Fsp3) is 0.231. The van der Waals surface area contributed by atoms with Crippen molar-refractivity contribution < 1.29 is 9.90 Å². The van der Waals surface area contributed by atoms with E-state index in [1.54, 1.807) is 45.2 Å². The number of rotatable bonds is 5. The molecule has 0 heterocycles. The largest absolute Gasteiger partial charge is 0.515 e. The highest BCUT2D eigenvalue weighted by Crippen LogP contribution is 2.01. The third-order valence-electron chi connectivity index (χ3n) is 2.08. The molecule has 92 valence electrons. The number of allylic oxidation sites excluding steroid dienone is 4. The summed E-state index contributed by atoms with van der Waals surface area (Å²) in [5.41, 5.74) is 1.23. The first-order valence-electron chi connectivity index (χ1n) is 5.15. The van der Waals surface area contributed by atoms with E-state index in [2.05, 4.69) is 16.9 Å². The number of hydrogen-bond acceptors (Lipinski definition) is 3. The van der Waals surface area contributed by atoms with Crippen molar-refractivity contribution in [2.45, 2.75) is 13.8 Å². The predicted molar refractivity (Wildman–Crippen MR) is 71.0 cm³/mol. The topological polar surface area (TPSA) is 61.7 Å². The molecule has 0 bridgehead atoms. The summed E-state index contributed by atoms with van der Waals surface area (Å²) >= 11 is 0. The summed E-state index contributed by atoms with van der Waals surface area (Å²) < 4.78 is 0. The summed E-state index contributed by atoms with van der Waals surface area (Å²) in [6.07, 6.45) is 7.52. The van der Waals surface area contributed by atoms with E-state index in [1.807, 2.05) is 0 Å². The number of aliphatic hydroxyl groups is 1. The van der Waals surface area contributed by atoms with Crippen molar-refractivity contribution in [1.29, 1.82) is 0 Å². The Balaban J connectivity index is 4.85. The van der Waals surface area contributed by atoms with E-state index in [0.29, 0.717) is 11.4 Å². The van der Waals surface area contributed by atoms with Crippen molar-refractivity contribution >= 4 is 11.6 Å². The van der Waals surface area contributed by atoms with Crippen molar-refractivity contribution in [3.63, 3.8) is 0 Å². The van der Waals surface area contributed by atoms with Gasteiger partial charge in [-0.1, -0.05) is 24.8 Å². The highest BCUT2D eigenvalue weighted by atomic mass is 16.2. The normalized spacial score (nSPS) is 13.9. The monoisotopic (exact) mass is 234 g/mol. The molecule has 4 heteroatoms. The molecule has 0 aromatic heterocycles. The highest BCUT2D eigenvalue weighted by Gasteiger charge is 2.12. The molecule has 0 radical (unpaired) electrons. The Bertz CT molecular complexity index is 402. The summed E-state index contributed by atoms with van der Waals surface area (Å²) in [5, 5.41) is 11.6. The third kappa shape index (κ3) is 4.97. The van der Waals surface area contributed by atoms with E-state index in [9.17, 15) is 4.79 Å². The van der Waals surface area contributed by atoms with Crippen LogP contribution in [0.3, 0.4) is 0 Å². The van der Waals surface area contributed by atoms with Crippen LogP contribution in [0, 0.1) is 0 Å². The number of hydrogen-bond donors (Lipinski definition) is 2. The number of aliphatic imine (C=N–C) groups is 1. The molecular formula is C13H18N2O2. The molecule has 0 saturated heterocycles. The fourth-order valence-corrected chi connectivity index (χ4v) is 1.02. The number of carbonyl (C=O) groups is 1. The van der Waals surface area contributed by atoms with Gasteiger partial charge in [-0.15, -0.1) is 0 Å². The van der Waals surface area contributed by atoms with E-state index in [4.69, 9.17) is 5.11 Å². The smallest absolute Gasteiger partial charge is 0.260 e. The van der Waals surface area contributed by atoms with Gasteiger partial charge in [0.25, 0.3) is 5.91 Å². The van der Waals surface area contributed by atoms with Crippen molar-refractivity contribution in [2.75, 3.05) is 7.05 Å². The average Bonchev–Trinajstić information content (AvgIpc) is 2.34. The molecule has 0 aliphatic heterocycles. The van der Waals surface area contributed by atoms with Gasteiger partial charge >= 0.3 is 0 Å². The second kappa shape index (κ2) is 8.10. The van der Waals surface area contributed by atoms with E-state index in [0.717, 1.165) is 6.26 Å². The highest BCUT2D eigenvalue weighted by molar-refractivity contribution is 6.20. The van der Waals surface area contributed by atoms with E-state index in [-0.39, 0.29) is 5.57 Å². The summed E-state index contributed by atoms with van der Waals surface area (Å²) in [5.74, 6) is -0.405. The standard InChI is InChI=1S/C13H18N2O2/c1-5-7-8-11(6-2)15-13(17)12(9-16)10(3)14-4/h5-9,16H,1H2,2-4H3,(H,15,17)/b8-7-,11-6+,12-9+,14-10?. The van der Waals surface area contributed by atoms with Crippen LogP contribution in [-0.4, -0.2) is 23.8 Å². The van der Waals surface area contributed by atoms with Crippen LogP contribution in [0.15, 0.2) is 53.4 Å². The molecule has 0 atom stereocenters. The number of nitrogens with zero attached hydrogens (tertiary/aromatic N) is 1. The van der Waals surface area contributed by atoms with Crippen LogP contribution in [0.1, 0.15) is 13.8 Å². The van der Waals surface area contributed by atoms with Crippen LogP contribution in [0.2, 0.25) is 0 Å². The van der Waals surface area contributed by atoms with Gasteiger partial charge in [0, 0.05) is 18.5 Å². The molecule has 2 N–H and O–H groups in total. The Kier molecular flexibility index (Phi) is 7.10. The lowest BCUT2D eigenvalue weighted by Gasteiger charge is -2.07. The summed E-state index contributed by atoms with van der Waals surface area (Å²) in [4.78, 5) is 15.6. The molecule has 0 aromatic carbocycles. The minimum absolute atomic E-state index is 0.138. The Hall–Kier alpha value is -2.10. The van der Waals surface area contributed by atoms with Crippen LogP contribution in [0.5, 0.6) is 0 Å². The van der Waals surface area contributed by atoms with Gasteiger partial charge in [-0.3, -0.25) is 9.79 Å². The summed E-state index contributed by atoms with van der Waals surface area (Å²) in [6.45, 7) is 6.99. The number of aliphatic hydroxyl groups excluding tert-OH is 1. The van der Waals surface area contributed by atoms with Gasteiger partial charge in [-0.2, -0.15) is 0 Å². The first-order valence-corrected chi connectivity index (χ1v) is 5.15. The lowest BCUT2D eigenvalue weighted by molar-refractivity contribution is -0.116. The van der Waals surface area contributed by atoms with Gasteiger partial charge in [0.2, 0.25) is 0 Å². The maximum Gasteiger partial charge on any atom is 0.260 e. The number of carbonyl (C=O) groups excluding carboxylic acids is 1. The van der Waals surface area contributed by atoms with Crippen molar-refractivity contribution in [2.24, 2.45) is 4.99 Å². The van der Waals surface area contributed by atoms with Crippen molar-refractivity contribution in [3.05, 3.63) is 48.4 Å². The zero-order valence-electron chi connectivity index (χ0n) is 10.4. The molecule has 0 aliphatic rings. The van der Waals surface area contributed by atoms with Gasteiger partial charge < -0.3 is 10.4 Å². The Morgan fingerprint density at radius 1 is 1.47 bits per heavy atom. The number of amides is 1. The maximum atomic E-state index is 11.8. The maximum absolute atomic E-state index is 11.8. The summed E-state index contributed by atoms with van der Waals surface area (Å²) in [7, 11) is 1.56. The molecule has 0 aromatic rings. The lowest BCUT2D eigenvalue weighted by Crippen LogP contribution is -2.26. The van der Waals surface area contributed by atoms with Gasteiger partial charge in [-0.25, -0.2) is 0 Å². The molecule has 0 aliphatic carbocycles. The quantitative estimate of drug-likeness (QED) is 0.332. The SMILES string of the molecule is C=C/C=C\C(=C/C)NC(=O)/C(=C/O)C(C)=NC. The third-order valence-corrected chi connectivity index (χ3v) is 2.08. The van der Waals surface area contributed by atoms with Crippen LogP contribution < -0.4 is 5.32 Å². The Morgan fingerprint density at radius 2 is 2.12 bits per heavy atom. The molecule has 0 unspecified atom stereocenters. The zero-order chi connectivity index (χ0) is 13.3. The first kappa shape index (κ1) is 14.9. The molecular weight excluding hydrogens is 216 g/mol. The minimum Gasteiger partial charge on any atom is -0.515 e. The average molecular weight is 234 g/mol. The van der Waals surface area contributed by atoms with E-state index in [1.165, 1.54) is 0 Å². The van der Waals surface area contributed by atoms with Crippen LogP contribution in [0.25, 0.3) is 0 Å². The summed E-state index contributed by atoms with van der Waals surface area (Å²) in [6, 6.07) is 0. The molecule has 1 amide bonds. The van der Waals surface area contributed by atoms with Gasteiger partial charge in [-0.05, 0) is 19.9 Å². The second-order valence-electron chi connectivity index (χ2n) is 3.14.